The molecule has 1 aromatic heterocycles. The fourth-order valence-corrected chi connectivity index (χ4v) is 3.07. The lowest BCUT2D eigenvalue weighted by atomic mass is 9.82. The van der Waals surface area contributed by atoms with E-state index in [0.29, 0.717) is 19.4 Å². The molecule has 1 fully saturated rings. The Bertz CT molecular complexity index is 570. The Morgan fingerprint density at radius 1 is 1.50 bits per heavy atom. The molecule has 1 saturated heterocycles. The Morgan fingerprint density at radius 3 is 2.75 bits per heavy atom. The lowest BCUT2D eigenvalue weighted by Gasteiger charge is -2.37. The number of amides is 1. The fraction of sp³-hybridized carbons (Fsp3) is 0.500. The smallest absolute Gasteiger partial charge is 0.324 e. The molecule has 0 spiro atoms. The van der Waals surface area contributed by atoms with Crippen LogP contribution in [0.1, 0.15) is 29.4 Å². The number of nitro groups is 1. The number of carbonyl (C=O) groups is 2. The van der Waals surface area contributed by atoms with Crippen LogP contribution in [0.5, 0.6) is 0 Å². The first-order valence-corrected chi connectivity index (χ1v) is 6.92. The maximum absolute atomic E-state index is 12.3. The van der Waals surface area contributed by atoms with E-state index in [0.717, 1.165) is 11.3 Å². The second-order valence-corrected chi connectivity index (χ2v) is 6.15. The number of aliphatic carboxylic acids is 1. The van der Waals surface area contributed by atoms with Crippen LogP contribution in [0.15, 0.2) is 12.1 Å². The summed E-state index contributed by atoms with van der Waals surface area (Å²) in [4.78, 5) is 35.3. The van der Waals surface area contributed by atoms with Gasteiger partial charge in [0.2, 0.25) is 0 Å². The van der Waals surface area contributed by atoms with Gasteiger partial charge in [0, 0.05) is 19.2 Å². The first-order chi connectivity index (χ1) is 9.33. The Kier molecular flexibility index (Phi) is 3.76. The molecule has 108 valence electrons. The number of carboxylic acid groups (broad SMARTS) is 1. The summed E-state index contributed by atoms with van der Waals surface area (Å²) in [7, 11) is 0. The van der Waals surface area contributed by atoms with Gasteiger partial charge in [-0.05, 0) is 25.8 Å². The molecule has 1 amide bonds. The van der Waals surface area contributed by atoms with Gasteiger partial charge in [0.15, 0.2) is 0 Å². The second kappa shape index (κ2) is 5.20. The average molecular weight is 298 g/mol. The van der Waals surface area contributed by atoms with E-state index < -0.39 is 16.3 Å². The number of likely N-dealkylation sites (tertiary alicyclic amines) is 1. The van der Waals surface area contributed by atoms with Crippen LogP contribution >= 0.6 is 11.3 Å². The maximum atomic E-state index is 12.3. The molecule has 1 unspecified atom stereocenters. The molecule has 1 N–H and O–H groups in total. The molecule has 0 aromatic carbocycles. The molecule has 20 heavy (non-hydrogen) atoms. The van der Waals surface area contributed by atoms with Gasteiger partial charge in [-0.2, -0.15) is 0 Å². The van der Waals surface area contributed by atoms with Crippen molar-refractivity contribution in [2.24, 2.45) is 5.41 Å². The third-order valence-corrected chi connectivity index (χ3v) is 4.51. The SMILES string of the molecule is CC1(C(=O)O)CCCN(C(=O)c2ccc([N+](=O)[O-])s2)C1. The molecular formula is C12H14N2O5S. The van der Waals surface area contributed by atoms with Crippen LogP contribution in [0.25, 0.3) is 0 Å². The second-order valence-electron chi connectivity index (χ2n) is 5.09. The molecule has 0 radical (unpaired) electrons. The summed E-state index contributed by atoms with van der Waals surface area (Å²) in [5.74, 6) is -1.26. The Balaban J connectivity index is 2.16. The monoisotopic (exact) mass is 298 g/mol. The Morgan fingerprint density at radius 2 is 2.20 bits per heavy atom. The van der Waals surface area contributed by atoms with Crippen molar-refractivity contribution in [3.05, 3.63) is 27.1 Å². The Labute approximate surface area is 119 Å². The highest BCUT2D eigenvalue weighted by molar-refractivity contribution is 7.17. The van der Waals surface area contributed by atoms with Crippen molar-refractivity contribution in [3.63, 3.8) is 0 Å². The maximum Gasteiger partial charge on any atom is 0.324 e. The van der Waals surface area contributed by atoms with E-state index in [1.165, 1.54) is 17.0 Å². The molecule has 1 aliphatic rings. The van der Waals surface area contributed by atoms with Crippen molar-refractivity contribution < 1.29 is 19.6 Å². The van der Waals surface area contributed by atoms with E-state index in [1.807, 2.05) is 0 Å². The van der Waals surface area contributed by atoms with Crippen LogP contribution in [-0.4, -0.2) is 39.9 Å². The van der Waals surface area contributed by atoms with E-state index in [4.69, 9.17) is 0 Å². The quantitative estimate of drug-likeness (QED) is 0.679. The number of thiophene rings is 1. The highest BCUT2D eigenvalue weighted by Crippen LogP contribution is 2.32. The summed E-state index contributed by atoms with van der Waals surface area (Å²) >= 11 is 0.814. The lowest BCUT2D eigenvalue weighted by molar-refractivity contribution is -0.380. The summed E-state index contributed by atoms with van der Waals surface area (Å²) in [5, 5.41) is 19.7. The zero-order valence-corrected chi connectivity index (χ0v) is 11.7. The van der Waals surface area contributed by atoms with Gasteiger partial charge < -0.3 is 10.0 Å². The minimum Gasteiger partial charge on any atom is -0.481 e. The molecule has 0 aliphatic carbocycles. The normalized spacial score (nSPS) is 22.6. The van der Waals surface area contributed by atoms with Crippen molar-refractivity contribution in [3.8, 4) is 0 Å². The average Bonchev–Trinajstić information content (AvgIpc) is 2.87. The highest BCUT2D eigenvalue weighted by atomic mass is 32.1. The third-order valence-electron chi connectivity index (χ3n) is 3.48. The molecular weight excluding hydrogens is 284 g/mol. The number of piperidine rings is 1. The highest BCUT2D eigenvalue weighted by Gasteiger charge is 2.39. The van der Waals surface area contributed by atoms with Gasteiger partial charge in [0.05, 0.1) is 15.2 Å². The van der Waals surface area contributed by atoms with Crippen LogP contribution in [0.2, 0.25) is 0 Å². The van der Waals surface area contributed by atoms with Crippen molar-refractivity contribution in [2.45, 2.75) is 19.8 Å². The predicted molar refractivity (Wildman–Crippen MR) is 71.9 cm³/mol. The lowest BCUT2D eigenvalue weighted by Crippen LogP contribution is -2.48. The zero-order valence-electron chi connectivity index (χ0n) is 10.9. The van der Waals surface area contributed by atoms with Gasteiger partial charge >= 0.3 is 11.0 Å². The minimum atomic E-state index is -0.947. The van der Waals surface area contributed by atoms with Crippen molar-refractivity contribution >= 4 is 28.2 Å². The van der Waals surface area contributed by atoms with E-state index in [9.17, 15) is 24.8 Å². The van der Waals surface area contributed by atoms with E-state index in [1.54, 1.807) is 6.92 Å². The zero-order chi connectivity index (χ0) is 14.9. The molecule has 8 heteroatoms. The number of carbonyl (C=O) groups excluding carboxylic acids is 1. The molecule has 0 bridgehead atoms. The van der Waals surface area contributed by atoms with Gasteiger partial charge in [-0.1, -0.05) is 11.3 Å². The number of rotatable bonds is 3. The summed E-state index contributed by atoms with van der Waals surface area (Å²) in [5.41, 5.74) is -0.947. The summed E-state index contributed by atoms with van der Waals surface area (Å²) in [6.45, 7) is 2.23. The number of hydrogen-bond donors (Lipinski definition) is 1. The van der Waals surface area contributed by atoms with Crippen molar-refractivity contribution in [1.82, 2.24) is 4.90 Å². The van der Waals surface area contributed by atoms with Crippen LogP contribution in [-0.2, 0) is 4.79 Å². The van der Waals surface area contributed by atoms with Gasteiger partial charge in [-0.3, -0.25) is 19.7 Å². The summed E-state index contributed by atoms with van der Waals surface area (Å²) in [6.07, 6.45) is 1.14. The number of carboxylic acids is 1. The summed E-state index contributed by atoms with van der Waals surface area (Å²) in [6, 6.07) is 2.70. The molecule has 1 aliphatic heterocycles. The van der Waals surface area contributed by atoms with Gasteiger partial charge in [-0.25, -0.2) is 0 Å². The standard InChI is InChI=1S/C12H14N2O5S/c1-12(11(16)17)5-2-6-13(7-12)10(15)8-3-4-9(20-8)14(18)19/h3-4H,2,5-7H2,1H3,(H,16,17). The van der Waals surface area contributed by atoms with Crippen LogP contribution < -0.4 is 0 Å². The first kappa shape index (κ1) is 14.4. The van der Waals surface area contributed by atoms with Crippen LogP contribution in [0.4, 0.5) is 5.00 Å². The minimum absolute atomic E-state index is 0.0913. The van der Waals surface area contributed by atoms with Crippen LogP contribution in [0.3, 0.4) is 0 Å². The summed E-state index contributed by atoms with van der Waals surface area (Å²) < 4.78 is 0. The number of hydrogen-bond acceptors (Lipinski definition) is 5. The molecule has 1 aromatic rings. The van der Waals surface area contributed by atoms with Crippen molar-refractivity contribution in [1.29, 1.82) is 0 Å². The molecule has 1 atom stereocenters. The third kappa shape index (κ3) is 2.64. The van der Waals surface area contributed by atoms with Crippen LogP contribution in [0, 0.1) is 15.5 Å². The Hall–Kier alpha value is -1.96. The largest absolute Gasteiger partial charge is 0.481 e. The molecule has 0 saturated carbocycles. The predicted octanol–water partition coefficient (Wildman–Crippen LogP) is 1.98. The van der Waals surface area contributed by atoms with E-state index in [2.05, 4.69) is 0 Å². The topological polar surface area (TPSA) is 101 Å². The molecule has 2 rings (SSSR count). The van der Waals surface area contributed by atoms with Gasteiger partial charge in [0.1, 0.15) is 0 Å². The number of nitrogens with zero attached hydrogens (tertiary/aromatic N) is 2. The van der Waals surface area contributed by atoms with Crippen molar-refractivity contribution in [2.75, 3.05) is 13.1 Å². The fourth-order valence-electron chi connectivity index (χ4n) is 2.28. The molecule has 7 nitrogen and oxygen atoms in total. The molecule has 2 heterocycles. The first-order valence-electron chi connectivity index (χ1n) is 6.10. The van der Waals surface area contributed by atoms with Gasteiger partial charge in [-0.15, -0.1) is 0 Å². The van der Waals surface area contributed by atoms with E-state index in [-0.39, 0.29) is 22.3 Å². The van der Waals surface area contributed by atoms with Gasteiger partial charge in [0.25, 0.3) is 5.91 Å². The van der Waals surface area contributed by atoms with E-state index >= 15 is 0 Å².